The molecule has 0 aliphatic heterocycles. The van der Waals surface area contributed by atoms with Crippen LogP contribution in [0.3, 0.4) is 0 Å². The van der Waals surface area contributed by atoms with Crippen molar-refractivity contribution in [2.45, 2.75) is 12.5 Å². The maximum Gasteiger partial charge on any atom is 0.225 e. The van der Waals surface area contributed by atoms with Crippen LogP contribution in [0.4, 0.5) is 0 Å². The predicted octanol–water partition coefficient (Wildman–Crippen LogP) is 2.57. The Balaban J connectivity index is 1.80. The number of rotatable bonds is 5. The molecule has 0 fully saturated rings. The molecule has 0 saturated carbocycles. The molecule has 0 spiro atoms. The molecule has 3 rings (SSSR count). The minimum atomic E-state index is -0.309. The van der Waals surface area contributed by atoms with Crippen molar-refractivity contribution in [2.75, 3.05) is 0 Å². The third-order valence-corrected chi connectivity index (χ3v) is 3.86. The van der Waals surface area contributed by atoms with Gasteiger partial charge in [0.25, 0.3) is 0 Å². The van der Waals surface area contributed by atoms with E-state index in [1.165, 1.54) is 0 Å². The molecule has 1 amide bonds. The van der Waals surface area contributed by atoms with Crippen LogP contribution >= 0.6 is 0 Å². The van der Waals surface area contributed by atoms with Gasteiger partial charge >= 0.3 is 0 Å². The quantitative estimate of drug-likeness (QED) is 0.759. The monoisotopic (exact) mass is 321 g/mol. The summed E-state index contributed by atoms with van der Waals surface area (Å²) in [6.45, 7) is 0. The molecule has 0 bridgehead atoms. The fourth-order valence-electron chi connectivity index (χ4n) is 2.61. The largest absolute Gasteiger partial charge is 0.508 e. The van der Waals surface area contributed by atoms with Gasteiger partial charge in [-0.25, -0.2) is 4.98 Å². The molecule has 0 unspecified atom stereocenters. The Bertz CT molecular complexity index is 810. The highest BCUT2D eigenvalue weighted by Gasteiger charge is 2.20. The Morgan fingerprint density at radius 1 is 1.17 bits per heavy atom. The molecule has 0 saturated heterocycles. The third-order valence-electron chi connectivity index (χ3n) is 3.86. The number of phenolic OH excluding ortho intramolecular Hbond substituents is 1. The molecule has 5 nitrogen and oxygen atoms in total. The highest BCUT2D eigenvalue weighted by atomic mass is 16.3. The smallest absolute Gasteiger partial charge is 0.225 e. The van der Waals surface area contributed by atoms with Gasteiger partial charge in [-0.05, 0) is 23.3 Å². The Hall–Kier alpha value is -3.08. The average Bonchev–Trinajstić information content (AvgIpc) is 3.01. The standard InChI is InChI=1S/C19H19N3O2/c1-22-12-11-20-19(22)18(15-5-3-2-4-6-15)21-17(24)13-14-7-9-16(23)10-8-14/h2-12,18,23H,13H2,1H3,(H,21,24)/t18-/m1/s1. The average molecular weight is 321 g/mol. The van der Waals surface area contributed by atoms with Crippen molar-refractivity contribution in [3.05, 3.63) is 83.9 Å². The predicted molar refractivity (Wildman–Crippen MR) is 91.4 cm³/mol. The normalized spacial score (nSPS) is 11.9. The number of imidazole rings is 1. The number of carbonyl (C=O) groups excluding carboxylic acids is 1. The van der Waals surface area contributed by atoms with Crippen LogP contribution in [0.1, 0.15) is 23.0 Å². The number of carbonyl (C=O) groups is 1. The minimum absolute atomic E-state index is 0.0995. The van der Waals surface area contributed by atoms with E-state index in [0.29, 0.717) is 0 Å². The maximum absolute atomic E-state index is 12.5. The van der Waals surface area contributed by atoms with Gasteiger partial charge in [-0.15, -0.1) is 0 Å². The lowest BCUT2D eigenvalue weighted by Crippen LogP contribution is -2.32. The Kier molecular flexibility index (Phi) is 4.61. The van der Waals surface area contributed by atoms with Gasteiger partial charge in [0.2, 0.25) is 5.91 Å². The van der Waals surface area contributed by atoms with Gasteiger partial charge in [-0.1, -0.05) is 42.5 Å². The number of aryl methyl sites for hydroxylation is 1. The molecule has 1 aromatic heterocycles. The van der Waals surface area contributed by atoms with Crippen LogP contribution in [0.15, 0.2) is 67.0 Å². The molecule has 122 valence electrons. The summed E-state index contributed by atoms with van der Waals surface area (Å²) < 4.78 is 1.90. The molecule has 2 N–H and O–H groups in total. The third kappa shape index (κ3) is 3.63. The van der Waals surface area contributed by atoms with Crippen LogP contribution in [0.25, 0.3) is 0 Å². The van der Waals surface area contributed by atoms with Crippen molar-refractivity contribution in [1.29, 1.82) is 0 Å². The number of benzene rings is 2. The first-order chi connectivity index (χ1) is 11.6. The van der Waals surface area contributed by atoms with Crippen molar-refractivity contribution in [3.8, 4) is 5.75 Å². The number of aromatic nitrogens is 2. The molecular weight excluding hydrogens is 302 g/mol. The van der Waals surface area contributed by atoms with E-state index in [1.807, 2.05) is 48.1 Å². The second-order valence-electron chi connectivity index (χ2n) is 5.65. The summed E-state index contributed by atoms with van der Waals surface area (Å²) in [7, 11) is 1.91. The zero-order valence-electron chi connectivity index (χ0n) is 13.4. The molecule has 0 aliphatic rings. The van der Waals surface area contributed by atoms with Crippen LogP contribution in [-0.4, -0.2) is 20.6 Å². The molecule has 3 aromatic rings. The van der Waals surface area contributed by atoms with Crippen molar-refractivity contribution in [2.24, 2.45) is 7.05 Å². The van der Waals surface area contributed by atoms with E-state index < -0.39 is 0 Å². The highest BCUT2D eigenvalue weighted by molar-refractivity contribution is 5.79. The minimum Gasteiger partial charge on any atom is -0.508 e. The maximum atomic E-state index is 12.5. The van der Waals surface area contributed by atoms with Crippen LogP contribution < -0.4 is 5.32 Å². The number of nitrogens with one attached hydrogen (secondary N) is 1. The van der Waals surface area contributed by atoms with Crippen LogP contribution in [0, 0.1) is 0 Å². The molecule has 0 radical (unpaired) electrons. The summed E-state index contributed by atoms with van der Waals surface area (Å²) in [4.78, 5) is 16.9. The first-order valence-corrected chi connectivity index (χ1v) is 7.73. The van der Waals surface area contributed by atoms with Gasteiger partial charge in [0.05, 0.1) is 6.42 Å². The van der Waals surface area contributed by atoms with E-state index in [-0.39, 0.29) is 24.1 Å². The van der Waals surface area contributed by atoms with Gasteiger partial charge in [-0.3, -0.25) is 4.79 Å². The lowest BCUT2D eigenvalue weighted by molar-refractivity contribution is -0.121. The van der Waals surface area contributed by atoms with Crippen LogP contribution in [0.2, 0.25) is 0 Å². The summed E-state index contributed by atoms with van der Waals surface area (Å²) in [6.07, 6.45) is 3.82. The first-order valence-electron chi connectivity index (χ1n) is 7.73. The summed E-state index contributed by atoms with van der Waals surface area (Å²) in [5.74, 6) is 0.868. The number of nitrogens with zero attached hydrogens (tertiary/aromatic N) is 2. The molecule has 1 heterocycles. The molecule has 2 aromatic carbocycles. The van der Waals surface area contributed by atoms with Crippen molar-refractivity contribution in [1.82, 2.24) is 14.9 Å². The fraction of sp³-hybridized carbons (Fsp3) is 0.158. The van der Waals surface area contributed by atoms with E-state index in [9.17, 15) is 9.90 Å². The second kappa shape index (κ2) is 7.00. The molecule has 24 heavy (non-hydrogen) atoms. The van der Waals surface area contributed by atoms with E-state index in [4.69, 9.17) is 0 Å². The van der Waals surface area contributed by atoms with E-state index in [1.54, 1.807) is 30.5 Å². The van der Waals surface area contributed by atoms with Gasteiger partial charge in [-0.2, -0.15) is 0 Å². The van der Waals surface area contributed by atoms with Gasteiger partial charge in [0.1, 0.15) is 17.6 Å². The summed E-state index contributed by atoms with van der Waals surface area (Å²) >= 11 is 0. The van der Waals surface area contributed by atoms with Crippen molar-refractivity contribution in [3.63, 3.8) is 0 Å². The Morgan fingerprint density at radius 3 is 2.50 bits per heavy atom. The van der Waals surface area contributed by atoms with Crippen LogP contribution in [0.5, 0.6) is 5.75 Å². The van der Waals surface area contributed by atoms with Gasteiger partial charge in [0.15, 0.2) is 0 Å². The number of hydrogen-bond donors (Lipinski definition) is 2. The Labute approximate surface area is 140 Å². The molecule has 0 aliphatic carbocycles. The van der Waals surface area contributed by atoms with Crippen molar-refractivity contribution >= 4 is 5.91 Å². The summed E-state index contributed by atoms with van der Waals surface area (Å²) in [5, 5.41) is 12.4. The number of phenols is 1. The zero-order valence-corrected chi connectivity index (χ0v) is 13.4. The number of hydrogen-bond acceptors (Lipinski definition) is 3. The lowest BCUT2D eigenvalue weighted by Gasteiger charge is -2.19. The highest BCUT2D eigenvalue weighted by Crippen LogP contribution is 2.20. The Morgan fingerprint density at radius 2 is 1.88 bits per heavy atom. The second-order valence-corrected chi connectivity index (χ2v) is 5.65. The fourth-order valence-corrected chi connectivity index (χ4v) is 2.61. The molecule has 5 heteroatoms. The molecular formula is C19H19N3O2. The first kappa shape index (κ1) is 15.8. The number of amides is 1. The summed E-state index contributed by atoms with van der Waals surface area (Å²) in [6, 6.07) is 16.1. The van der Waals surface area contributed by atoms with Crippen molar-refractivity contribution < 1.29 is 9.90 Å². The van der Waals surface area contributed by atoms with E-state index >= 15 is 0 Å². The van der Waals surface area contributed by atoms with Gasteiger partial charge < -0.3 is 15.0 Å². The molecule has 1 atom stereocenters. The van der Waals surface area contributed by atoms with E-state index in [0.717, 1.165) is 17.0 Å². The summed E-state index contributed by atoms with van der Waals surface area (Å²) in [5.41, 5.74) is 1.82. The van der Waals surface area contributed by atoms with Crippen LogP contribution in [-0.2, 0) is 18.3 Å². The van der Waals surface area contributed by atoms with E-state index in [2.05, 4.69) is 10.3 Å². The SMILES string of the molecule is Cn1ccnc1[C@H](NC(=O)Cc1ccc(O)cc1)c1ccccc1. The zero-order chi connectivity index (χ0) is 16.9. The number of aromatic hydroxyl groups is 1. The van der Waals surface area contributed by atoms with Gasteiger partial charge in [0, 0.05) is 19.4 Å². The lowest BCUT2D eigenvalue weighted by atomic mass is 10.1. The topological polar surface area (TPSA) is 67.2 Å².